The molecule has 3 heterocycles. The van der Waals surface area contributed by atoms with Crippen molar-refractivity contribution in [1.82, 2.24) is 19.8 Å². The Labute approximate surface area is 152 Å². The van der Waals surface area contributed by atoms with Crippen molar-refractivity contribution in [3.63, 3.8) is 0 Å². The van der Waals surface area contributed by atoms with Crippen LogP contribution in [0.2, 0.25) is 0 Å². The summed E-state index contributed by atoms with van der Waals surface area (Å²) >= 11 is 0. The van der Waals surface area contributed by atoms with Crippen molar-refractivity contribution in [1.29, 1.82) is 0 Å². The molecule has 0 aliphatic carbocycles. The number of piperidine rings is 2. The van der Waals surface area contributed by atoms with Crippen molar-refractivity contribution in [2.75, 3.05) is 26.2 Å². The van der Waals surface area contributed by atoms with Gasteiger partial charge in [-0.25, -0.2) is 4.98 Å². The lowest BCUT2D eigenvalue weighted by molar-refractivity contribution is -0.140. The third kappa shape index (κ3) is 3.07. The first-order valence-corrected chi connectivity index (χ1v) is 9.39. The van der Waals surface area contributed by atoms with Crippen LogP contribution < -0.4 is 5.73 Å². The molecule has 138 valence electrons. The standard InChI is InChI=1S/C19H25N5O2/c20-7-1-8-24-17-6-9-23(11-14(17)3-5-18(24)25)19(26)13-2-4-15-16(10-13)22-12-21-15/h2,4,10,12,14,17H,1,3,5-9,11,20H2,(H,21,22)/t14-,17+/m0/s1. The van der Waals surface area contributed by atoms with Crippen LogP contribution in [0.3, 0.4) is 0 Å². The van der Waals surface area contributed by atoms with E-state index in [4.69, 9.17) is 5.73 Å². The minimum atomic E-state index is 0.0605. The second-order valence-electron chi connectivity index (χ2n) is 7.27. The summed E-state index contributed by atoms with van der Waals surface area (Å²) < 4.78 is 0. The minimum Gasteiger partial charge on any atom is -0.345 e. The molecule has 0 saturated carbocycles. The van der Waals surface area contributed by atoms with Crippen molar-refractivity contribution < 1.29 is 9.59 Å². The fraction of sp³-hybridized carbons (Fsp3) is 0.526. The zero-order valence-electron chi connectivity index (χ0n) is 14.9. The highest BCUT2D eigenvalue weighted by molar-refractivity contribution is 5.97. The van der Waals surface area contributed by atoms with Gasteiger partial charge in [-0.15, -0.1) is 0 Å². The molecule has 26 heavy (non-hydrogen) atoms. The fourth-order valence-corrected chi connectivity index (χ4v) is 4.34. The molecule has 2 aromatic rings. The van der Waals surface area contributed by atoms with Gasteiger partial charge >= 0.3 is 0 Å². The highest BCUT2D eigenvalue weighted by Crippen LogP contribution is 2.32. The molecule has 2 aliphatic rings. The first-order valence-electron chi connectivity index (χ1n) is 9.39. The van der Waals surface area contributed by atoms with Gasteiger partial charge in [0.2, 0.25) is 5.91 Å². The lowest BCUT2D eigenvalue weighted by Gasteiger charge is -2.47. The van der Waals surface area contributed by atoms with E-state index in [2.05, 4.69) is 9.97 Å². The second-order valence-corrected chi connectivity index (χ2v) is 7.27. The van der Waals surface area contributed by atoms with Crippen LogP contribution in [-0.4, -0.2) is 63.8 Å². The Morgan fingerprint density at radius 1 is 1.35 bits per heavy atom. The number of hydrogen-bond acceptors (Lipinski definition) is 4. The summed E-state index contributed by atoms with van der Waals surface area (Å²) in [4.78, 5) is 36.4. The Balaban J connectivity index is 1.47. The smallest absolute Gasteiger partial charge is 0.253 e. The Bertz CT molecular complexity index is 817. The van der Waals surface area contributed by atoms with E-state index in [1.165, 1.54) is 0 Å². The monoisotopic (exact) mass is 355 g/mol. The van der Waals surface area contributed by atoms with E-state index in [1.807, 2.05) is 28.0 Å². The van der Waals surface area contributed by atoms with Gasteiger partial charge in [-0.1, -0.05) is 0 Å². The van der Waals surface area contributed by atoms with Gasteiger partial charge < -0.3 is 20.5 Å². The summed E-state index contributed by atoms with van der Waals surface area (Å²) in [5, 5.41) is 0. The number of amides is 2. The third-order valence-electron chi connectivity index (χ3n) is 5.70. The van der Waals surface area contributed by atoms with Gasteiger partial charge in [0.1, 0.15) is 0 Å². The number of fused-ring (bicyclic) bond motifs is 2. The van der Waals surface area contributed by atoms with Crippen LogP contribution in [0.25, 0.3) is 11.0 Å². The second kappa shape index (κ2) is 7.07. The van der Waals surface area contributed by atoms with Crippen LogP contribution in [-0.2, 0) is 4.79 Å². The Morgan fingerprint density at radius 3 is 3.08 bits per heavy atom. The number of rotatable bonds is 4. The first kappa shape index (κ1) is 17.0. The summed E-state index contributed by atoms with van der Waals surface area (Å²) in [6, 6.07) is 5.84. The van der Waals surface area contributed by atoms with Crippen LogP contribution in [0.15, 0.2) is 24.5 Å². The number of aromatic amines is 1. The molecule has 2 aliphatic heterocycles. The molecule has 0 bridgehead atoms. The van der Waals surface area contributed by atoms with E-state index < -0.39 is 0 Å². The van der Waals surface area contributed by atoms with E-state index >= 15 is 0 Å². The van der Waals surface area contributed by atoms with Crippen molar-refractivity contribution in [2.45, 2.75) is 31.7 Å². The van der Waals surface area contributed by atoms with Crippen molar-refractivity contribution >= 4 is 22.8 Å². The van der Waals surface area contributed by atoms with E-state index in [9.17, 15) is 9.59 Å². The lowest BCUT2D eigenvalue weighted by atomic mass is 9.83. The molecule has 0 unspecified atom stereocenters. The van der Waals surface area contributed by atoms with Gasteiger partial charge in [-0.05, 0) is 49.9 Å². The van der Waals surface area contributed by atoms with Crippen LogP contribution in [0.5, 0.6) is 0 Å². The quantitative estimate of drug-likeness (QED) is 0.866. The number of nitrogens with two attached hydrogens (primary N) is 1. The number of imidazole rings is 1. The number of nitrogens with one attached hydrogen (secondary N) is 1. The van der Waals surface area contributed by atoms with Crippen molar-refractivity contribution in [3.05, 3.63) is 30.1 Å². The number of aromatic nitrogens is 2. The lowest BCUT2D eigenvalue weighted by Crippen LogP contribution is -2.57. The van der Waals surface area contributed by atoms with E-state index in [0.717, 1.165) is 43.4 Å². The summed E-state index contributed by atoms with van der Waals surface area (Å²) in [6.45, 7) is 2.74. The number of nitrogens with zero attached hydrogens (tertiary/aromatic N) is 3. The van der Waals surface area contributed by atoms with Gasteiger partial charge in [-0.3, -0.25) is 9.59 Å². The maximum atomic E-state index is 13.0. The maximum Gasteiger partial charge on any atom is 0.253 e. The van der Waals surface area contributed by atoms with Crippen LogP contribution in [0, 0.1) is 5.92 Å². The molecule has 0 radical (unpaired) electrons. The number of H-pyrrole nitrogens is 1. The van der Waals surface area contributed by atoms with Crippen LogP contribution in [0.4, 0.5) is 0 Å². The molecule has 2 amide bonds. The van der Waals surface area contributed by atoms with Crippen molar-refractivity contribution in [2.24, 2.45) is 11.7 Å². The maximum absolute atomic E-state index is 13.0. The SMILES string of the molecule is NCCCN1C(=O)CC[C@H]2CN(C(=O)c3ccc4nc[nH]c4c3)CC[C@H]21. The predicted molar refractivity (Wildman–Crippen MR) is 98.5 cm³/mol. The molecule has 2 saturated heterocycles. The Morgan fingerprint density at radius 2 is 2.23 bits per heavy atom. The Kier molecular flexibility index (Phi) is 4.63. The summed E-state index contributed by atoms with van der Waals surface area (Å²) in [7, 11) is 0. The normalized spacial score (nSPS) is 23.3. The molecule has 7 heteroatoms. The van der Waals surface area contributed by atoms with Crippen LogP contribution >= 0.6 is 0 Å². The van der Waals surface area contributed by atoms with Gasteiger partial charge in [0, 0.05) is 37.7 Å². The molecule has 1 aromatic carbocycles. The van der Waals surface area contributed by atoms with Gasteiger partial charge in [0.15, 0.2) is 0 Å². The topological polar surface area (TPSA) is 95.3 Å². The molecule has 0 spiro atoms. The number of hydrogen-bond donors (Lipinski definition) is 2. The molecule has 7 nitrogen and oxygen atoms in total. The first-order chi connectivity index (χ1) is 12.7. The van der Waals surface area contributed by atoms with Gasteiger partial charge in [-0.2, -0.15) is 0 Å². The zero-order chi connectivity index (χ0) is 18.1. The minimum absolute atomic E-state index is 0.0605. The van der Waals surface area contributed by atoms with Gasteiger partial charge in [0.25, 0.3) is 5.91 Å². The van der Waals surface area contributed by atoms with E-state index in [1.54, 1.807) is 6.33 Å². The highest BCUT2D eigenvalue weighted by Gasteiger charge is 2.40. The fourth-order valence-electron chi connectivity index (χ4n) is 4.34. The number of likely N-dealkylation sites (tertiary alicyclic amines) is 2. The molecule has 1 aromatic heterocycles. The highest BCUT2D eigenvalue weighted by atomic mass is 16.2. The predicted octanol–water partition coefficient (Wildman–Crippen LogP) is 1.36. The van der Waals surface area contributed by atoms with E-state index in [0.29, 0.717) is 31.0 Å². The molecule has 2 fully saturated rings. The molecular formula is C19H25N5O2. The Hall–Kier alpha value is -2.41. The van der Waals surface area contributed by atoms with Crippen molar-refractivity contribution in [3.8, 4) is 0 Å². The molecule has 4 rings (SSSR count). The van der Waals surface area contributed by atoms with Gasteiger partial charge in [0.05, 0.1) is 17.4 Å². The molecule has 2 atom stereocenters. The summed E-state index contributed by atoms with van der Waals surface area (Å²) in [5.74, 6) is 0.661. The number of benzene rings is 1. The zero-order valence-corrected chi connectivity index (χ0v) is 14.9. The number of carbonyl (C=O) groups is 2. The summed E-state index contributed by atoms with van der Waals surface area (Å²) in [5.41, 5.74) is 8.05. The molecular weight excluding hydrogens is 330 g/mol. The summed E-state index contributed by atoms with van der Waals surface area (Å²) in [6.07, 6.45) is 4.76. The molecule has 3 N–H and O–H groups in total. The average Bonchev–Trinajstić information content (AvgIpc) is 3.14. The third-order valence-corrected chi connectivity index (χ3v) is 5.70. The van der Waals surface area contributed by atoms with Crippen LogP contribution in [0.1, 0.15) is 36.0 Å². The average molecular weight is 355 g/mol. The van der Waals surface area contributed by atoms with E-state index in [-0.39, 0.29) is 17.9 Å². The largest absolute Gasteiger partial charge is 0.345 e. The number of carbonyl (C=O) groups excluding carboxylic acids is 2.